The summed E-state index contributed by atoms with van der Waals surface area (Å²) < 4.78 is 0. The van der Waals surface area contributed by atoms with Crippen molar-refractivity contribution < 1.29 is 14.7 Å². The van der Waals surface area contributed by atoms with E-state index in [9.17, 15) is 9.59 Å². The van der Waals surface area contributed by atoms with E-state index in [2.05, 4.69) is 10.3 Å². The normalized spacial score (nSPS) is 15.9. The summed E-state index contributed by atoms with van der Waals surface area (Å²) in [5, 5.41) is 11.7. The molecule has 1 aliphatic heterocycles. The van der Waals surface area contributed by atoms with Gasteiger partial charge in [-0.1, -0.05) is 6.07 Å². The molecular weight excluding hydrogens is 258 g/mol. The third kappa shape index (κ3) is 3.46. The highest BCUT2D eigenvalue weighted by Gasteiger charge is 2.26. The molecule has 20 heavy (non-hydrogen) atoms. The van der Waals surface area contributed by atoms with E-state index in [1.165, 1.54) is 0 Å². The molecule has 0 bridgehead atoms. The molecule has 2 heterocycles. The third-order valence-electron chi connectivity index (χ3n) is 3.66. The molecule has 108 valence electrons. The minimum Gasteiger partial charge on any atom is -0.481 e. The maximum absolute atomic E-state index is 12.0. The Balaban J connectivity index is 1.82. The number of rotatable bonds is 3. The molecule has 0 radical (unpaired) electrons. The molecule has 0 saturated carbocycles. The number of hydrogen-bond donors (Lipinski definition) is 2. The van der Waals surface area contributed by atoms with Gasteiger partial charge in [-0.05, 0) is 31.4 Å². The Kier molecular flexibility index (Phi) is 4.55. The van der Waals surface area contributed by atoms with Gasteiger partial charge < -0.3 is 15.3 Å². The van der Waals surface area contributed by atoms with Crippen LogP contribution in [0.25, 0.3) is 0 Å². The van der Waals surface area contributed by atoms with Crippen LogP contribution in [0.15, 0.2) is 18.3 Å². The van der Waals surface area contributed by atoms with Crippen LogP contribution in [0.3, 0.4) is 0 Å². The van der Waals surface area contributed by atoms with Gasteiger partial charge in [-0.2, -0.15) is 0 Å². The van der Waals surface area contributed by atoms with Crippen molar-refractivity contribution in [1.82, 2.24) is 15.2 Å². The first kappa shape index (κ1) is 14.3. The van der Waals surface area contributed by atoms with Crippen LogP contribution in [0.5, 0.6) is 0 Å². The van der Waals surface area contributed by atoms with E-state index in [1.807, 2.05) is 19.1 Å². The zero-order chi connectivity index (χ0) is 14.5. The number of carboxylic acid groups (broad SMARTS) is 1. The number of carbonyl (C=O) groups is 2. The molecule has 0 atom stereocenters. The van der Waals surface area contributed by atoms with E-state index in [-0.39, 0.29) is 11.9 Å². The van der Waals surface area contributed by atoms with E-state index >= 15 is 0 Å². The summed E-state index contributed by atoms with van der Waals surface area (Å²) in [6.07, 6.45) is 2.74. The average Bonchev–Trinajstić information content (AvgIpc) is 2.46. The molecule has 1 aromatic heterocycles. The Bertz CT molecular complexity index is 496. The molecule has 1 saturated heterocycles. The van der Waals surface area contributed by atoms with Gasteiger partial charge >= 0.3 is 12.0 Å². The minimum absolute atomic E-state index is 0.154. The summed E-state index contributed by atoms with van der Waals surface area (Å²) in [6, 6.07) is 3.66. The lowest BCUT2D eigenvalue weighted by atomic mass is 9.97. The van der Waals surface area contributed by atoms with Crippen molar-refractivity contribution in [3.05, 3.63) is 29.6 Å². The Morgan fingerprint density at radius 1 is 1.45 bits per heavy atom. The predicted molar refractivity (Wildman–Crippen MR) is 73.1 cm³/mol. The quantitative estimate of drug-likeness (QED) is 0.874. The van der Waals surface area contributed by atoms with Crippen LogP contribution in [0.1, 0.15) is 24.1 Å². The Morgan fingerprint density at radius 2 is 2.15 bits per heavy atom. The first-order valence-corrected chi connectivity index (χ1v) is 6.74. The van der Waals surface area contributed by atoms with Crippen LogP contribution < -0.4 is 5.32 Å². The van der Waals surface area contributed by atoms with E-state index < -0.39 is 5.97 Å². The van der Waals surface area contributed by atoms with Crippen molar-refractivity contribution in [2.75, 3.05) is 13.1 Å². The average molecular weight is 277 g/mol. The van der Waals surface area contributed by atoms with E-state index in [0.717, 1.165) is 11.3 Å². The van der Waals surface area contributed by atoms with E-state index in [1.54, 1.807) is 11.1 Å². The van der Waals surface area contributed by atoms with Gasteiger partial charge in [0, 0.05) is 19.3 Å². The number of aliphatic carboxylic acids is 1. The lowest BCUT2D eigenvalue weighted by molar-refractivity contribution is -0.143. The molecular formula is C14H19N3O3. The second-order valence-electron chi connectivity index (χ2n) is 5.03. The first-order chi connectivity index (χ1) is 9.58. The summed E-state index contributed by atoms with van der Waals surface area (Å²) in [6.45, 7) is 3.32. The first-order valence-electron chi connectivity index (χ1n) is 6.74. The fourth-order valence-electron chi connectivity index (χ4n) is 2.30. The molecule has 0 aromatic carbocycles. The highest BCUT2D eigenvalue weighted by atomic mass is 16.4. The number of likely N-dealkylation sites (tertiary alicyclic amines) is 1. The predicted octanol–water partition coefficient (Wildman–Crippen LogP) is 1.40. The molecule has 2 N–H and O–H groups in total. The lowest BCUT2D eigenvalue weighted by Crippen LogP contribution is -2.45. The number of urea groups is 1. The molecule has 2 rings (SSSR count). The van der Waals surface area contributed by atoms with E-state index in [4.69, 9.17) is 5.11 Å². The van der Waals surface area contributed by atoms with Gasteiger partial charge in [0.05, 0.1) is 18.2 Å². The number of aryl methyl sites for hydroxylation is 1. The Morgan fingerprint density at radius 3 is 2.75 bits per heavy atom. The number of amides is 2. The highest BCUT2D eigenvalue weighted by Crippen LogP contribution is 2.17. The van der Waals surface area contributed by atoms with Crippen LogP contribution in [0, 0.1) is 12.8 Å². The summed E-state index contributed by atoms with van der Waals surface area (Å²) in [7, 11) is 0. The molecule has 1 aromatic rings. The van der Waals surface area contributed by atoms with Gasteiger partial charge in [-0.3, -0.25) is 9.78 Å². The molecule has 6 heteroatoms. The number of pyridine rings is 1. The summed E-state index contributed by atoms with van der Waals surface area (Å²) >= 11 is 0. The minimum atomic E-state index is -0.769. The van der Waals surface area contributed by atoms with Gasteiger partial charge in [-0.25, -0.2) is 4.79 Å². The SMILES string of the molecule is Cc1cccnc1CNC(=O)N1CCC(C(=O)O)CC1. The maximum Gasteiger partial charge on any atom is 0.317 e. The maximum atomic E-state index is 12.0. The second kappa shape index (κ2) is 6.36. The Hall–Kier alpha value is -2.11. The molecule has 0 unspecified atom stereocenters. The molecule has 0 spiro atoms. The summed E-state index contributed by atoms with van der Waals surface area (Å²) in [5.41, 5.74) is 1.89. The summed E-state index contributed by atoms with van der Waals surface area (Å²) in [5.74, 6) is -1.09. The molecule has 1 aliphatic rings. The largest absolute Gasteiger partial charge is 0.481 e. The van der Waals surface area contributed by atoms with Crippen LogP contribution >= 0.6 is 0 Å². The van der Waals surface area contributed by atoms with Crippen LogP contribution in [-0.4, -0.2) is 40.1 Å². The van der Waals surface area contributed by atoms with Crippen LogP contribution in [0.2, 0.25) is 0 Å². The smallest absolute Gasteiger partial charge is 0.317 e. The van der Waals surface area contributed by atoms with Gasteiger partial charge in [-0.15, -0.1) is 0 Å². The van der Waals surface area contributed by atoms with Gasteiger partial charge in [0.2, 0.25) is 0 Å². The van der Waals surface area contributed by atoms with Crippen LogP contribution in [0.4, 0.5) is 4.79 Å². The van der Waals surface area contributed by atoms with Crippen molar-refractivity contribution in [3.8, 4) is 0 Å². The zero-order valence-electron chi connectivity index (χ0n) is 11.5. The van der Waals surface area contributed by atoms with Crippen molar-refractivity contribution in [2.45, 2.75) is 26.3 Å². The third-order valence-corrected chi connectivity index (χ3v) is 3.66. The van der Waals surface area contributed by atoms with Crippen LogP contribution in [-0.2, 0) is 11.3 Å². The number of hydrogen-bond acceptors (Lipinski definition) is 3. The van der Waals surface area contributed by atoms with Gasteiger partial charge in [0.1, 0.15) is 0 Å². The molecule has 2 amide bonds. The fraction of sp³-hybridized carbons (Fsp3) is 0.500. The van der Waals surface area contributed by atoms with Crippen molar-refractivity contribution in [1.29, 1.82) is 0 Å². The number of piperidine rings is 1. The monoisotopic (exact) mass is 277 g/mol. The standard InChI is InChI=1S/C14H19N3O3/c1-10-3-2-6-15-12(10)9-16-14(20)17-7-4-11(5-8-17)13(18)19/h2-3,6,11H,4-5,7-9H2,1H3,(H,16,20)(H,18,19). The second-order valence-corrected chi connectivity index (χ2v) is 5.03. The van der Waals surface area contributed by atoms with Crippen molar-refractivity contribution in [3.63, 3.8) is 0 Å². The van der Waals surface area contributed by atoms with Crippen molar-refractivity contribution in [2.24, 2.45) is 5.92 Å². The molecule has 0 aliphatic carbocycles. The van der Waals surface area contributed by atoms with Gasteiger partial charge in [0.25, 0.3) is 0 Å². The van der Waals surface area contributed by atoms with Crippen molar-refractivity contribution >= 4 is 12.0 Å². The lowest BCUT2D eigenvalue weighted by Gasteiger charge is -2.30. The summed E-state index contributed by atoms with van der Waals surface area (Å²) in [4.78, 5) is 28.7. The number of nitrogens with one attached hydrogen (secondary N) is 1. The zero-order valence-corrected chi connectivity index (χ0v) is 11.5. The number of carbonyl (C=O) groups excluding carboxylic acids is 1. The van der Waals surface area contributed by atoms with Gasteiger partial charge in [0.15, 0.2) is 0 Å². The molecule has 1 fully saturated rings. The topological polar surface area (TPSA) is 82.5 Å². The molecule has 6 nitrogen and oxygen atoms in total. The number of aromatic nitrogens is 1. The fourth-order valence-corrected chi connectivity index (χ4v) is 2.30. The van der Waals surface area contributed by atoms with E-state index in [0.29, 0.717) is 32.5 Å². The Labute approximate surface area is 117 Å². The number of nitrogens with zero attached hydrogens (tertiary/aromatic N) is 2. The highest BCUT2D eigenvalue weighted by molar-refractivity contribution is 5.75. The number of carboxylic acids is 1.